The largest absolute Gasteiger partial charge is 0.240 e. The molecule has 0 fully saturated rings. The molecule has 0 radical (unpaired) electrons. The van der Waals surface area contributed by atoms with Crippen LogP contribution >= 0.6 is 0 Å². The van der Waals surface area contributed by atoms with Crippen LogP contribution in [0.2, 0.25) is 0 Å². The molecule has 0 amide bonds. The van der Waals surface area contributed by atoms with Crippen LogP contribution in [0.4, 0.5) is 0 Å². The molecule has 0 aliphatic heterocycles. The van der Waals surface area contributed by atoms with Gasteiger partial charge in [0.05, 0.1) is 5.69 Å². The Labute approximate surface area is 177 Å². The normalized spacial score (nSPS) is 11.0. The van der Waals surface area contributed by atoms with Crippen molar-refractivity contribution < 1.29 is 0 Å². The van der Waals surface area contributed by atoms with Crippen molar-refractivity contribution in [1.29, 1.82) is 0 Å². The van der Waals surface area contributed by atoms with Gasteiger partial charge in [-0.25, -0.2) is 4.68 Å². The van der Waals surface area contributed by atoms with Gasteiger partial charge < -0.3 is 0 Å². The molecule has 29 heavy (non-hydrogen) atoms. The van der Waals surface area contributed by atoms with E-state index in [9.17, 15) is 0 Å². The van der Waals surface area contributed by atoms with Crippen LogP contribution in [0.3, 0.4) is 0 Å². The number of benzene rings is 2. The van der Waals surface area contributed by atoms with Gasteiger partial charge in [0.25, 0.3) is 0 Å². The lowest BCUT2D eigenvalue weighted by atomic mass is 9.81. The summed E-state index contributed by atoms with van der Waals surface area (Å²) in [6, 6.07) is 15.4. The maximum Gasteiger partial charge on any atom is 0.0761 e. The highest BCUT2D eigenvalue weighted by Gasteiger charge is 2.24. The Balaban J connectivity index is 0.00000145. The predicted molar refractivity (Wildman–Crippen MR) is 128 cm³/mol. The fourth-order valence-corrected chi connectivity index (χ4v) is 3.50. The van der Waals surface area contributed by atoms with Crippen molar-refractivity contribution in [3.05, 3.63) is 78.1 Å². The summed E-state index contributed by atoms with van der Waals surface area (Å²) in [5.74, 6) is 0. The highest BCUT2D eigenvalue weighted by Crippen LogP contribution is 2.38. The van der Waals surface area contributed by atoms with E-state index in [1.54, 1.807) is 0 Å². The summed E-state index contributed by atoms with van der Waals surface area (Å²) < 4.78 is 2.00. The van der Waals surface area contributed by atoms with E-state index in [2.05, 4.69) is 82.7 Å². The number of hydrogen-bond acceptors (Lipinski definition) is 1. The molecule has 0 atom stereocenters. The first-order chi connectivity index (χ1) is 13.8. The summed E-state index contributed by atoms with van der Waals surface area (Å²) in [4.78, 5) is 0. The van der Waals surface area contributed by atoms with Crippen molar-refractivity contribution in [1.82, 2.24) is 9.78 Å². The first-order valence-electron chi connectivity index (χ1n) is 10.7. The van der Waals surface area contributed by atoms with Gasteiger partial charge >= 0.3 is 0 Å². The summed E-state index contributed by atoms with van der Waals surface area (Å²) >= 11 is 0. The average Bonchev–Trinajstić information content (AvgIpc) is 3.23. The molecule has 0 saturated carbocycles. The lowest BCUT2D eigenvalue weighted by Gasteiger charge is -2.26. The van der Waals surface area contributed by atoms with Gasteiger partial charge in [0, 0.05) is 18.0 Å². The van der Waals surface area contributed by atoms with E-state index >= 15 is 0 Å². The summed E-state index contributed by atoms with van der Waals surface area (Å²) in [5.41, 5.74) is 8.52. The molecule has 2 aromatic carbocycles. The molecule has 3 aromatic rings. The molecule has 0 spiro atoms. The Morgan fingerprint density at radius 3 is 2.34 bits per heavy atom. The molecule has 2 nitrogen and oxygen atoms in total. The van der Waals surface area contributed by atoms with Crippen LogP contribution in [0, 0.1) is 0 Å². The van der Waals surface area contributed by atoms with Crippen molar-refractivity contribution in [2.45, 2.75) is 66.7 Å². The highest BCUT2D eigenvalue weighted by atomic mass is 15.3. The Morgan fingerprint density at radius 1 is 1.07 bits per heavy atom. The Kier molecular flexibility index (Phi) is 7.61. The van der Waals surface area contributed by atoms with Crippen molar-refractivity contribution in [2.24, 2.45) is 0 Å². The number of hydrogen-bond donors (Lipinski definition) is 0. The lowest BCUT2D eigenvalue weighted by Crippen LogP contribution is -2.17. The van der Waals surface area contributed by atoms with E-state index in [0.29, 0.717) is 0 Å². The summed E-state index contributed by atoms with van der Waals surface area (Å²) in [6.45, 7) is 19.3. The van der Waals surface area contributed by atoms with E-state index in [1.165, 1.54) is 27.8 Å². The Morgan fingerprint density at radius 2 is 1.79 bits per heavy atom. The molecular formula is C27H36N2. The van der Waals surface area contributed by atoms with Gasteiger partial charge in [-0.15, -0.1) is 0 Å². The second kappa shape index (κ2) is 9.73. The van der Waals surface area contributed by atoms with E-state index in [-0.39, 0.29) is 5.41 Å². The third-order valence-corrected chi connectivity index (χ3v) is 4.92. The van der Waals surface area contributed by atoms with Crippen LogP contribution < -0.4 is 0 Å². The average molecular weight is 389 g/mol. The first-order valence-corrected chi connectivity index (χ1v) is 10.7. The van der Waals surface area contributed by atoms with Crippen molar-refractivity contribution in [2.75, 3.05) is 0 Å². The van der Waals surface area contributed by atoms with Crippen molar-refractivity contribution in [3.8, 4) is 16.8 Å². The lowest BCUT2D eigenvalue weighted by molar-refractivity contribution is 0.583. The first kappa shape index (κ1) is 22.7. The van der Waals surface area contributed by atoms with E-state index in [4.69, 9.17) is 0 Å². The standard InChI is InChI=1S/C25H30N2.C2H6/c1-7-10-19-11-8-12-20(15-19)22-16-21(18(2)3)17-23(25(4,5)6)24(22)27-14-9-13-26-27;1-2/h8-9,11-17H,2,7,10H2,1,3-6H3;1-2H3. The highest BCUT2D eigenvalue weighted by molar-refractivity contribution is 5.80. The molecule has 0 unspecified atom stereocenters. The maximum absolute atomic E-state index is 4.57. The van der Waals surface area contributed by atoms with Gasteiger partial charge in [-0.2, -0.15) is 5.10 Å². The summed E-state index contributed by atoms with van der Waals surface area (Å²) in [7, 11) is 0. The van der Waals surface area contributed by atoms with Gasteiger partial charge in [-0.05, 0) is 59.2 Å². The van der Waals surface area contributed by atoms with Crippen LogP contribution in [-0.4, -0.2) is 9.78 Å². The van der Waals surface area contributed by atoms with Gasteiger partial charge in [-0.1, -0.05) is 84.4 Å². The minimum absolute atomic E-state index is 0.0114. The predicted octanol–water partition coefficient (Wildman–Crippen LogP) is 7.85. The van der Waals surface area contributed by atoms with Gasteiger partial charge in [0.1, 0.15) is 0 Å². The molecule has 154 valence electrons. The fraction of sp³-hybridized carbons (Fsp3) is 0.370. The zero-order valence-corrected chi connectivity index (χ0v) is 19.2. The molecular weight excluding hydrogens is 352 g/mol. The number of aromatic nitrogens is 2. The quantitative estimate of drug-likeness (QED) is 0.435. The summed E-state index contributed by atoms with van der Waals surface area (Å²) in [6.07, 6.45) is 6.12. The van der Waals surface area contributed by atoms with E-state index in [1.807, 2.05) is 37.0 Å². The third-order valence-electron chi connectivity index (χ3n) is 4.92. The molecule has 3 rings (SSSR count). The van der Waals surface area contributed by atoms with Crippen molar-refractivity contribution >= 4 is 5.57 Å². The second-order valence-corrected chi connectivity index (χ2v) is 8.35. The van der Waals surface area contributed by atoms with Crippen LogP contribution in [0.5, 0.6) is 0 Å². The Bertz CT molecular complexity index is 941. The molecule has 0 saturated heterocycles. The summed E-state index contributed by atoms with van der Waals surface area (Å²) in [5, 5.41) is 4.57. The number of rotatable bonds is 5. The zero-order chi connectivity index (χ0) is 21.6. The molecule has 1 heterocycles. The number of aryl methyl sites for hydroxylation is 1. The molecule has 0 N–H and O–H groups in total. The minimum Gasteiger partial charge on any atom is -0.240 e. The fourth-order valence-electron chi connectivity index (χ4n) is 3.50. The smallest absolute Gasteiger partial charge is 0.0761 e. The maximum atomic E-state index is 4.57. The van der Waals surface area contributed by atoms with Crippen molar-refractivity contribution in [3.63, 3.8) is 0 Å². The van der Waals surface area contributed by atoms with E-state index in [0.717, 1.165) is 24.1 Å². The zero-order valence-electron chi connectivity index (χ0n) is 19.2. The van der Waals surface area contributed by atoms with Crippen LogP contribution in [-0.2, 0) is 11.8 Å². The Hall–Kier alpha value is -2.61. The molecule has 0 aliphatic rings. The number of nitrogens with zero attached hydrogens (tertiary/aromatic N) is 2. The second-order valence-electron chi connectivity index (χ2n) is 8.35. The molecule has 1 aromatic heterocycles. The third kappa shape index (κ3) is 5.26. The van der Waals surface area contributed by atoms with Gasteiger partial charge in [0.15, 0.2) is 0 Å². The minimum atomic E-state index is -0.0114. The van der Waals surface area contributed by atoms with Crippen LogP contribution in [0.15, 0.2) is 61.4 Å². The van der Waals surface area contributed by atoms with Crippen LogP contribution in [0.25, 0.3) is 22.4 Å². The molecule has 0 aliphatic carbocycles. The van der Waals surface area contributed by atoms with Gasteiger partial charge in [-0.3, -0.25) is 0 Å². The van der Waals surface area contributed by atoms with Gasteiger partial charge in [0.2, 0.25) is 0 Å². The van der Waals surface area contributed by atoms with Crippen LogP contribution in [0.1, 0.15) is 71.6 Å². The van der Waals surface area contributed by atoms with E-state index < -0.39 is 0 Å². The number of allylic oxidation sites excluding steroid dienone is 1. The molecule has 0 bridgehead atoms. The molecule has 2 heteroatoms. The topological polar surface area (TPSA) is 17.8 Å². The monoisotopic (exact) mass is 388 g/mol. The SMILES string of the molecule is C=C(C)c1cc(-c2cccc(CCC)c2)c(-n2cccn2)c(C(C)(C)C)c1.CC.